The topological polar surface area (TPSA) is 87.4 Å². The number of aryl methyl sites for hydroxylation is 2. The molecule has 2 fully saturated rings. The van der Waals surface area contributed by atoms with Gasteiger partial charge in [-0.1, -0.05) is 6.07 Å². The zero-order valence-corrected chi connectivity index (χ0v) is 24.2. The van der Waals surface area contributed by atoms with Crippen LogP contribution in [0.2, 0.25) is 0 Å². The van der Waals surface area contributed by atoms with E-state index >= 15 is 0 Å². The van der Waals surface area contributed by atoms with E-state index in [4.69, 9.17) is 5.73 Å². The minimum atomic E-state index is -4.48. The molecule has 3 aromatic rings. The average molecular weight is 569 g/mol. The molecule has 1 aromatic heterocycles. The molecule has 1 aliphatic heterocycles. The monoisotopic (exact) mass is 568 g/mol. The van der Waals surface area contributed by atoms with Crippen molar-refractivity contribution >= 4 is 28.3 Å². The second kappa shape index (κ2) is 11.5. The maximum Gasteiger partial charge on any atom is 0.416 e. The third-order valence-electron chi connectivity index (χ3n) is 8.65. The van der Waals surface area contributed by atoms with Crippen molar-refractivity contribution < 1.29 is 18.0 Å². The highest BCUT2D eigenvalue weighted by Gasteiger charge is 2.33. The lowest BCUT2D eigenvalue weighted by molar-refractivity contribution is -0.138. The van der Waals surface area contributed by atoms with Crippen molar-refractivity contribution in [2.45, 2.75) is 64.6 Å². The van der Waals surface area contributed by atoms with E-state index < -0.39 is 17.8 Å². The Hall–Kier alpha value is -3.40. The molecular formula is C31H39F3N6O. The van der Waals surface area contributed by atoms with Crippen LogP contribution in [-0.4, -0.2) is 58.9 Å². The number of amides is 1. The molecule has 0 spiro atoms. The molecule has 7 nitrogen and oxygen atoms in total. The number of carbonyl (C=O) groups is 1. The minimum absolute atomic E-state index is 0.0621. The van der Waals surface area contributed by atoms with Crippen LogP contribution in [0.3, 0.4) is 0 Å². The molecule has 2 aliphatic rings. The molecule has 220 valence electrons. The van der Waals surface area contributed by atoms with E-state index in [1.165, 1.54) is 5.56 Å². The van der Waals surface area contributed by atoms with Crippen LogP contribution in [0, 0.1) is 19.8 Å². The molecule has 0 bridgehead atoms. The fourth-order valence-corrected chi connectivity index (χ4v) is 6.23. The van der Waals surface area contributed by atoms with Crippen LogP contribution >= 0.6 is 0 Å². The smallest absolute Gasteiger partial charge is 0.399 e. The van der Waals surface area contributed by atoms with Gasteiger partial charge in [0, 0.05) is 43.2 Å². The molecule has 3 N–H and O–H groups in total. The van der Waals surface area contributed by atoms with Crippen molar-refractivity contribution in [3.05, 3.63) is 58.4 Å². The van der Waals surface area contributed by atoms with Gasteiger partial charge in [0.15, 0.2) is 0 Å². The van der Waals surface area contributed by atoms with E-state index in [9.17, 15) is 18.0 Å². The number of nitrogens with one attached hydrogen (secondary N) is 1. The van der Waals surface area contributed by atoms with Crippen molar-refractivity contribution in [3.8, 4) is 0 Å². The van der Waals surface area contributed by atoms with Gasteiger partial charge in [-0.2, -0.15) is 13.2 Å². The number of fused-ring (bicyclic) bond motifs is 1. The van der Waals surface area contributed by atoms with E-state index in [0.29, 0.717) is 29.0 Å². The number of anilines is 2. The average Bonchev–Trinajstić information content (AvgIpc) is 2.93. The number of rotatable bonds is 5. The number of piperazine rings is 1. The van der Waals surface area contributed by atoms with Gasteiger partial charge in [-0.05, 0) is 100 Å². The highest BCUT2D eigenvalue weighted by Crippen LogP contribution is 2.40. The third-order valence-corrected chi connectivity index (χ3v) is 8.65. The third kappa shape index (κ3) is 6.42. The molecule has 5 rings (SSSR count). The van der Waals surface area contributed by atoms with Crippen molar-refractivity contribution in [1.29, 1.82) is 0 Å². The molecule has 0 radical (unpaired) electrons. The van der Waals surface area contributed by atoms with E-state index in [1.807, 2.05) is 18.7 Å². The predicted octanol–water partition coefficient (Wildman–Crippen LogP) is 6.07. The van der Waals surface area contributed by atoms with Gasteiger partial charge in [0.05, 0.1) is 17.1 Å². The van der Waals surface area contributed by atoms with Crippen LogP contribution < -0.4 is 11.1 Å². The number of alkyl halides is 3. The summed E-state index contributed by atoms with van der Waals surface area (Å²) in [6.45, 7) is 9.10. The van der Waals surface area contributed by atoms with Gasteiger partial charge < -0.3 is 20.9 Å². The van der Waals surface area contributed by atoms with Gasteiger partial charge in [-0.15, -0.1) is 0 Å². The predicted molar refractivity (Wildman–Crippen MR) is 156 cm³/mol. The Kier molecular flexibility index (Phi) is 8.14. The summed E-state index contributed by atoms with van der Waals surface area (Å²) in [4.78, 5) is 26.8. The molecule has 2 heterocycles. The van der Waals surface area contributed by atoms with Crippen molar-refractivity contribution in [1.82, 2.24) is 19.8 Å². The van der Waals surface area contributed by atoms with E-state index in [1.54, 1.807) is 13.0 Å². The summed E-state index contributed by atoms with van der Waals surface area (Å²) in [5.41, 5.74) is 8.57. The number of benzene rings is 2. The lowest BCUT2D eigenvalue weighted by Crippen LogP contribution is -2.49. The van der Waals surface area contributed by atoms with Gasteiger partial charge in [0.25, 0.3) is 0 Å². The van der Waals surface area contributed by atoms with Gasteiger partial charge in [0.2, 0.25) is 5.91 Å². The molecule has 1 saturated carbocycles. The summed E-state index contributed by atoms with van der Waals surface area (Å²) in [6, 6.07) is 7.46. The van der Waals surface area contributed by atoms with Crippen molar-refractivity contribution in [2.24, 2.45) is 5.92 Å². The Balaban J connectivity index is 1.36. The molecule has 1 atom stereocenters. The first kappa shape index (κ1) is 29.1. The lowest BCUT2D eigenvalue weighted by Gasteiger charge is -2.36. The Morgan fingerprint density at radius 2 is 1.68 bits per heavy atom. The maximum absolute atomic E-state index is 13.4. The zero-order valence-electron chi connectivity index (χ0n) is 24.2. The molecular weight excluding hydrogens is 529 g/mol. The van der Waals surface area contributed by atoms with Gasteiger partial charge >= 0.3 is 6.18 Å². The van der Waals surface area contributed by atoms with Crippen LogP contribution in [0.1, 0.15) is 72.6 Å². The van der Waals surface area contributed by atoms with Gasteiger partial charge in [-0.3, -0.25) is 4.79 Å². The van der Waals surface area contributed by atoms with Crippen LogP contribution in [-0.2, 0) is 11.0 Å². The number of hydrogen-bond donors (Lipinski definition) is 2. The second-order valence-corrected chi connectivity index (χ2v) is 11.8. The first-order valence-electron chi connectivity index (χ1n) is 14.4. The van der Waals surface area contributed by atoms with E-state index in [0.717, 1.165) is 80.5 Å². The normalized spacial score (nSPS) is 21.2. The highest BCUT2D eigenvalue weighted by atomic mass is 19.4. The number of nitrogen functional groups attached to an aromatic ring is 1. The largest absolute Gasteiger partial charge is 0.416 e. The van der Waals surface area contributed by atoms with Gasteiger partial charge in [-0.25, -0.2) is 9.97 Å². The standard InChI is InChI=1S/C31H39F3N6O/c1-18-13-24(21-5-7-22(8-6-21)30(41)40-11-9-39(4)10-12-40)16-27-28(18)37-20(3)38-29(27)36-19(2)23-14-25(31(32,33)34)17-26(35)15-23/h13-17,19,21-22H,5-12,35H2,1-4H3,(H,36,37,38)/t19-,21?,22?/m1/s1. The lowest BCUT2D eigenvalue weighted by atomic mass is 9.77. The Labute approximate surface area is 239 Å². The van der Waals surface area contributed by atoms with Crippen molar-refractivity contribution in [2.75, 3.05) is 44.3 Å². The van der Waals surface area contributed by atoms with Crippen LogP contribution in [0.25, 0.3) is 10.9 Å². The first-order chi connectivity index (χ1) is 19.4. The Morgan fingerprint density at radius 3 is 2.34 bits per heavy atom. The quantitative estimate of drug-likeness (QED) is 0.364. The molecule has 1 amide bonds. The van der Waals surface area contributed by atoms with Crippen LogP contribution in [0.15, 0.2) is 30.3 Å². The van der Waals surface area contributed by atoms with Gasteiger partial charge in [0.1, 0.15) is 11.6 Å². The number of hydrogen-bond acceptors (Lipinski definition) is 6. The zero-order chi connectivity index (χ0) is 29.5. The summed E-state index contributed by atoms with van der Waals surface area (Å²) in [7, 11) is 2.09. The molecule has 10 heteroatoms. The van der Waals surface area contributed by atoms with Crippen LogP contribution in [0.4, 0.5) is 24.7 Å². The van der Waals surface area contributed by atoms with Crippen LogP contribution in [0.5, 0.6) is 0 Å². The van der Waals surface area contributed by atoms with E-state index in [2.05, 4.69) is 39.4 Å². The number of nitrogens with zero attached hydrogens (tertiary/aromatic N) is 4. The molecule has 1 aliphatic carbocycles. The summed E-state index contributed by atoms with van der Waals surface area (Å²) in [5, 5.41) is 4.18. The first-order valence-corrected chi connectivity index (χ1v) is 14.4. The Morgan fingerprint density at radius 1 is 1.00 bits per heavy atom. The van der Waals surface area contributed by atoms with Crippen molar-refractivity contribution in [3.63, 3.8) is 0 Å². The summed E-state index contributed by atoms with van der Waals surface area (Å²) < 4.78 is 40.3. The SMILES string of the molecule is Cc1nc(N[C@H](C)c2cc(N)cc(C(F)(F)F)c2)c2cc(C3CCC(C(=O)N4CCN(C)CC4)CC3)cc(C)c2n1. The number of aromatic nitrogens is 2. The fourth-order valence-electron chi connectivity index (χ4n) is 6.23. The summed E-state index contributed by atoms with van der Waals surface area (Å²) >= 11 is 0. The number of carbonyl (C=O) groups excluding carboxylic acids is 1. The summed E-state index contributed by atoms with van der Waals surface area (Å²) in [5.74, 6) is 1.87. The minimum Gasteiger partial charge on any atom is -0.399 e. The number of nitrogens with two attached hydrogens (primary N) is 1. The second-order valence-electron chi connectivity index (χ2n) is 11.8. The number of halogens is 3. The fraction of sp³-hybridized carbons (Fsp3) is 0.516. The highest BCUT2D eigenvalue weighted by molar-refractivity contribution is 5.92. The maximum atomic E-state index is 13.4. The molecule has 2 aromatic carbocycles. The molecule has 1 saturated heterocycles. The number of likely N-dealkylation sites (N-methyl/N-ethyl adjacent to an activating group) is 1. The summed E-state index contributed by atoms with van der Waals surface area (Å²) in [6.07, 6.45) is -0.871. The molecule has 41 heavy (non-hydrogen) atoms. The molecule has 0 unspecified atom stereocenters. The van der Waals surface area contributed by atoms with E-state index in [-0.39, 0.29) is 11.6 Å². The Bertz CT molecular complexity index is 1430.